The predicted octanol–water partition coefficient (Wildman–Crippen LogP) is 4.66. The highest BCUT2D eigenvalue weighted by molar-refractivity contribution is 7.99. The maximum absolute atomic E-state index is 13.9. The maximum atomic E-state index is 13.9. The van der Waals surface area contributed by atoms with E-state index in [-0.39, 0.29) is 29.1 Å². The molecule has 0 aliphatic carbocycles. The average molecular weight is 437 g/mol. The molecule has 1 N–H and O–H groups in total. The van der Waals surface area contributed by atoms with Crippen molar-refractivity contribution in [3.63, 3.8) is 0 Å². The van der Waals surface area contributed by atoms with E-state index in [0.29, 0.717) is 23.7 Å². The Balaban J connectivity index is 2.06. The Morgan fingerprint density at radius 2 is 1.90 bits per heavy atom. The zero-order valence-electron chi connectivity index (χ0n) is 16.7. The van der Waals surface area contributed by atoms with Gasteiger partial charge in [-0.05, 0) is 31.0 Å². The lowest BCUT2D eigenvalue weighted by Gasteiger charge is -2.28. The molecule has 0 saturated heterocycles. The fourth-order valence-electron chi connectivity index (χ4n) is 2.75. The fraction of sp³-hybridized carbons (Fsp3) is 0.364. The first-order valence-corrected chi connectivity index (χ1v) is 11.1. The van der Waals surface area contributed by atoms with Gasteiger partial charge in [-0.15, -0.1) is 11.8 Å². The van der Waals surface area contributed by atoms with E-state index in [4.69, 9.17) is 11.6 Å². The van der Waals surface area contributed by atoms with Gasteiger partial charge in [-0.25, -0.2) is 4.39 Å². The lowest BCUT2D eigenvalue weighted by Crippen LogP contribution is -2.48. The normalized spacial score (nSPS) is 11.7. The highest BCUT2D eigenvalue weighted by Gasteiger charge is 2.25. The first kappa shape index (κ1) is 23.2. The number of carbonyl (C=O) groups excluding carboxylic acids is 2. The van der Waals surface area contributed by atoms with Gasteiger partial charge in [0.15, 0.2) is 0 Å². The monoisotopic (exact) mass is 436 g/mol. The van der Waals surface area contributed by atoms with Gasteiger partial charge in [0.2, 0.25) is 11.8 Å². The second-order valence-electron chi connectivity index (χ2n) is 6.67. The van der Waals surface area contributed by atoms with E-state index in [9.17, 15) is 14.0 Å². The van der Waals surface area contributed by atoms with Crippen molar-refractivity contribution in [2.24, 2.45) is 0 Å². The maximum Gasteiger partial charge on any atom is 0.242 e. The smallest absolute Gasteiger partial charge is 0.242 e. The minimum absolute atomic E-state index is 0.128. The summed E-state index contributed by atoms with van der Waals surface area (Å²) in [6.45, 7) is 4.60. The Kier molecular flexibility index (Phi) is 9.48. The minimum Gasteiger partial charge on any atom is -0.354 e. The van der Waals surface area contributed by atoms with E-state index < -0.39 is 6.04 Å². The molecule has 0 aliphatic heterocycles. The second-order valence-corrected chi connectivity index (χ2v) is 8.06. The number of hydrogen-bond donors (Lipinski definition) is 1. The van der Waals surface area contributed by atoms with Crippen molar-refractivity contribution >= 4 is 35.2 Å². The van der Waals surface area contributed by atoms with Crippen LogP contribution in [0.2, 0.25) is 5.02 Å². The molecule has 0 fully saturated rings. The van der Waals surface area contributed by atoms with Crippen molar-refractivity contribution < 1.29 is 14.0 Å². The van der Waals surface area contributed by atoms with Crippen LogP contribution in [0, 0.1) is 5.82 Å². The molecule has 0 aliphatic rings. The van der Waals surface area contributed by atoms with Gasteiger partial charge in [0.1, 0.15) is 11.9 Å². The van der Waals surface area contributed by atoms with Crippen LogP contribution >= 0.6 is 23.4 Å². The Morgan fingerprint density at radius 3 is 2.55 bits per heavy atom. The van der Waals surface area contributed by atoms with Crippen molar-refractivity contribution in [3.05, 3.63) is 70.5 Å². The molecule has 29 heavy (non-hydrogen) atoms. The molecule has 2 aromatic rings. The van der Waals surface area contributed by atoms with Crippen molar-refractivity contribution in [1.29, 1.82) is 0 Å². The van der Waals surface area contributed by atoms with Gasteiger partial charge in [0, 0.05) is 29.4 Å². The minimum atomic E-state index is -0.605. The number of nitrogens with zero attached hydrogens (tertiary/aromatic N) is 1. The standard InChI is InChI=1S/C22H26ClFN2O2S/c1-3-12-25-22(28)16(2)26(13-17-8-5-4-6-9-17)21(27)15-29-14-18-19(23)10-7-11-20(18)24/h4-11,16H,3,12-15H2,1-2H3,(H,25,28)/t16-/m1/s1. The number of rotatable bonds is 10. The van der Waals surface area contributed by atoms with E-state index in [2.05, 4.69) is 5.32 Å². The van der Waals surface area contributed by atoms with Gasteiger partial charge < -0.3 is 10.2 Å². The van der Waals surface area contributed by atoms with Crippen LogP contribution < -0.4 is 5.32 Å². The molecule has 0 heterocycles. The Labute approximate surface area is 180 Å². The molecule has 7 heteroatoms. The highest BCUT2D eigenvalue weighted by atomic mass is 35.5. The Hall–Kier alpha value is -2.05. The number of nitrogens with one attached hydrogen (secondary N) is 1. The number of benzene rings is 2. The van der Waals surface area contributed by atoms with E-state index >= 15 is 0 Å². The Bertz CT molecular complexity index is 799. The molecule has 0 unspecified atom stereocenters. The molecule has 4 nitrogen and oxygen atoms in total. The Morgan fingerprint density at radius 1 is 1.17 bits per heavy atom. The molecule has 0 radical (unpaired) electrons. The molecule has 1 atom stereocenters. The number of amides is 2. The second kappa shape index (κ2) is 11.8. The SMILES string of the molecule is CCCNC(=O)[C@@H](C)N(Cc1ccccc1)C(=O)CSCc1c(F)cccc1Cl. The molecule has 0 aromatic heterocycles. The molecule has 2 amide bonds. The third kappa shape index (κ3) is 7.05. The summed E-state index contributed by atoms with van der Waals surface area (Å²) in [5, 5.41) is 3.19. The van der Waals surface area contributed by atoms with E-state index in [1.165, 1.54) is 17.8 Å². The van der Waals surface area contributed by atoms with Crippen LogP contribution in [0.15, 0.2) is 48.5 Å². The summed E-state index contributed by atoms with van der Waals surface area (Å²) < 4.78 is 13.9. The lowest BCUT2D eigenvalue weighted by molar-refractivity contribution is -0.138. The van der Waals surface area contributed by atoms with Gasteiger partial charge in [-0.3, -0.25) is 9.59 Å². The lowest BCUT2D eigenvalue weighted by atomic mass is 10.1. The van der Waals surface area contributed by atoms with Crippen molar-refractivity contribution in [1.82, 2.24) is 10.2 Å². The number of thioether (sulfide) groups is 1. The molecule has 0 bridgehead atoms. The molecule has 2 aromatic carbocycles. The quantitative estimate of drug-likeness (QED) is 0.589. The highest BCUT2D eigenvalue weighted by Crippen LogP contribution is 2.24. The zero-order valence-corrected chi connectivity index (χ0v) is 18.2. The summed E-state index contributed by atoms with van der Waals surface area (Å²) in [6, 6.07) is 13.5. The molecule has 0 spiro atoms. The van der Waals surface area contributed by atoms with Gasteiger partial charge in [-0.2, -0.15) is 0 Å². The van der Waals surface area contributed by atoms with Crippen molar-refractivity contribution in [3.8, 4) is 0 Å². The van der Waals surface area contributed by atoms with Gasteiger partial charge in [-0.1, -0.05) is 54.9 Å². The van der Waals surface area contributed by atoms with Crippen LogP contribution in [0.5, 0.6) is 0 Å². The summed E-state index contributed by atoms with van der Waals surface area (Å²) in [4.78, 5) is 26.9. The molecule has 0 saturated carbocycles. The van der Waals surface area contributed by atoms with Crippen LogP contribution in [0.3, 0.4) is 0 Å². The van der Waals surface area contributed by atoms with Crippen LogP contribution in [-0.4, -0.2) is 35.1 Å². The number of halogens is 2. The topological polar surface area (TPSA) is 49.4 Å². The van der Waals surface area contributed by atoms with Crippen molar-refractivity contribution in [2.45, 2.75) is 38.6 Å². The predicted molar refractivity (Wildman–Crippen MR) is 117 cm³/mol. The van der Waals surface area contributed by atoms with E-state index in [1.807, 2.05) is 37.3 Å². The number of carbonyl (C=O) groups is 2. The van der Waals surface area contributed by atoms with E-state index in [0.717, 1.165) is 12.0 Å². The summed E-state index contributed by atoms with van der Waals surface area (Å²) in [5.41, 5.74) is 1.33. The third-order valence-electron chi connectivity index (χ3n) is 4.45. The van der Waals surface area contributed by atoms with Crippen LogP contribution in [0.1, 0.15) is 31.4 Å². The van der Waals surface area contributed by atoms with Crippen LogP contribution in [-0.2, 0) is 21.9 Å². The summed E-state index contributed by atoms with van der Waals surface area (Å²) in [7, 11) is 0. The van der Waals surface area contributed by atoms with Gasteiger partial charge >= 0.3 is 0 Å². The van der Waals surface area contributed by atoms with Crippen LogP contribution in [0.25, 0.3) is 0 Å². The van der Waals surface area contributed by atoms with Gasteiger partial charge in [0.05, 0.1) is 5.75 Å². The van der Waals surface area contributed by atoms with Crippen molar-refractivity contribution in [2.75, 3.05) is 12.3 Å². The summed E-state index contributed by atoms with van der Waals surface area (Å²) in [6.07, 6.45) is 0.824. The van der Waals surface area contributed by atoms with Crippen LogP contribution in [0.4, 0.5) is 4.39 Å². The van der Waals surface area contributed by atoms with Gasteiger partial charge in [0.25, 0.3) is 0 Å². The zero-order chi connectivity index (χ0) is 21.2. The largest absolute Gasteiger partial charge is 0.354 e. The number of hydrogen-bond acceptors (Lipinski definition) is 3. The molecular formula is C22H26ClFN2O2S. The first-order chi connectivity index (χ1) is 13.9. The molecule has 156 valence electrons. The van der Waals surface area contributed by atoms with E-state index in [1.54, 1.807) is 24.0 Å². The molecule has 2 rings (SSSR count). The third-order valence-corrected chi connectivity index (χ3v) is 5.74. The average Bonchev–Trinajstić information content (AvgIpc) is 2.72. The summed E-state index contributed by atoms with van der Waals surface area (Å²) in [5.74, 6) is -0.329. The first-order valence-electron chi connectivity index (χ1n) is 9.55. The molecular weight excluding hydrogens is 411 g/mol. The fourth-order valence-corrected chi connectivity index (χ4v) is 4.00. The summed E-state index contributed by atoms with van der Waals surface area (Å²) >= 11 is 7.33.